The van der Waals surface area contributed by atoms with Gasteiger partial charge in [0.2, 0.25) is 0 Å². The first-order valence-electron chi connectivity index (χ1n) is 6.76. The van der Waals surface area contributed by atoms with E-state index in [2.05, 4.69) is 40.9 Å². The summed E-state index contributed by atoms with van der Waals surface area (Å²) in [5, 5.41) is 0. The third kappa shape index (κ3) is 5.82. The predicted octanol–water partition coefficient (Wildman–Crippen LogP) is 4.86. The number of hydrogen-bond donors (Lipinski definition) is 0. The summed E-state index contributed by atoms with van der Waals surface area (Å²) >= 11 is 0. The van der Waals surface area contributed by atoms with E-state index < -0.39 is 0 Å². The molecule has 0 rings (SSSR count). The molecule has 0 atom stereocenters. The van der Waals surface area contributed by atoms with Crippen molar-refractivity contribution in [3.8, 4) is 0 Å². The van der Waals surface area contributed by atoms with Gasteiger partial charge in [-0.2, -0.15) is 0 Å². The highest BCUT2D eigenvalue weighted by Gasteiger charge is 2.09. The Morgan fingerprint density at radius 2 is 1.47 bits per heavy atom. The molecule has 0 saturated heterocycles. The van der Waals surface area contributed by atoms with Crippen LogP contribution in [-0.4, -0.2) is 13.7 Å². The molecule has 0 radical (unpaired) electrons. The number of rotatable bonds is 8. The van der Waals surface area contributed by atoms with Crippen molar-refractivity contribution >= 4 is 0 Å². The van der Waals surface area contributed by atoms with Crippen LogP contribution in [-0.2, 0) is 9.47 Å². The van der Waals surface area contributed by atoms with Crippen molar-refractivity contribution in [2.75, 3.05) is 13.7 Å². The highest BCUT2D eigenvalue weighted by atomic mass is 16.5. The number of allylic oxidation sites excluding steroid dienone is 3. The molecule has 0 aliphatic rings. The minimum atomic E-state index is 0.359. The van der Waals surface area contributed by atoms with Gasteiger partial charge in [0, 0.05) is 0 Å². The Morgan fingerprint density at radius 1 is 1.00 bits per heavy atom. The van der Waals surface area contributed by atoms with Crippen LogP contribution < -0.4 is 0 Å². The summed E-state index contributed by atoms with van der Waals surface area (Å²) < 4.78 is 11.1. The van der Waals surface area contributed by atoms with Crippen molar-refractivity contribution in [2.45, 2.75) is 34.6 Å². The lowest BCUT2D eigenvalue weighted by atomic mass is 10.0. The molecule has 2 heteroatoms. The molecule has 0 aromatic heterocycles. The average Bonchev–Trinajstić information content (AvgIpc) is 2.37. The maximum absolute atomic E-state index is 5.74. The van der Waals surface area contributed by atoms with Crippen LogP contribution in [0.3, 0.4) is 0 Å². The lowest BCUT2D eigenvalue weighted by Crippen LogP contribution is -2.04. The summed E-state index contributed by atoms with van der Waals surface area (Å²) in [5.74, 6) is 2.37. The second-order valence-electron chi connectivity index (χ2n) is 5.10. The Balaban J connectivity index is 4.63. The van der Waals surface area contributed by atoms with Gasteiger partial charge in [-0.1, -0.05) is 40.9 Å². The second kappa shape index (κ2) is 8.63. The molecular formula is C17H28O2. The molecular weight excluding hydrogens is 236 g/mol. The van der Waals surface area contributed by atoms with E-state index in [-0.39, 0.29) is 0 Å². The van der Waals surface area contributed by atoms with Crippen LogP contribution in [0.1, 0.15) is 34.6 Å². The summed E-state index contributed by atoms with van der Waals surface area (Å²) in [4.78, 5) is 0. The van der Waals surface area contributed by atoms with E-state index in [1.807, 2.05) is 19.1 Å². The molecule has 0 aliphatic carbocycles. The largest absolute Gasteiger partial charge is 0.497 e. The third-order valence-corrected chi connectivity index (χ3v) is 3.02. The van der Waals surface area contributed by atoms with E-state index in [0.29, 0.717) is 18.4 Å². The fourth-order valence-electron chi connectivity index (χ4n) is 1.48. The van der Waals surface area contributed by atoms with E-state index in [0.717, 1.165) is 22.7 Å². The molecule has 0 fully saturated rings. The van der Waals surface area contributed by atoms with Gasteiger partial charge in [0.15, 0.2) is 0 Å². The Labute approximate surface area is 118 Å². The van der Waals surface area contributed by atoms with Crippen LogP contribution in [0, 0.1) is 11.8 Å². The van der Waals surface area contributed by atoms with E-state index >= 15 is 0 Å². The van der Waals surface area contributed by atoms with Crippen LogP contribution in [0.4, 0.5) is 0 Å². The Hall–Kier alpha value is -1.44. The summed E-state index contributed by atoms with van der Waals surface area (Å²) in [6.45, 7) is 18.9. The van der Waals surface area contributed by atoms with Crippen LogP contribution in [0.2, 0.25) is 0 Å². The molecule has 0 spiro atoms. The van der Waals surface area contributed by atoms with Gasteiger partial charge in [-0.25, -0.2) is 0 Å². The molecule has 19 heavy (non-hydrogen) atoms. The normalized spacial score (nSPS) is 12.8. The van der Waals surface area contributed by atoms with Gasteiger partial charge in [0.05, 0.1) is 7.11 Å². The summed E-state index contributed by atoms with van der Waals surface area (Å²) in [6.07, 6.45) is 3.86. The molecule has 0 aromatic carbocycles. The second-order valence-corrected chi connectivity index (χ2v) is 5.10. The summed E-state index contributed by atoms with van der Waals surface area (Å²) in [6, 6.07) is 0. The van der Waals surface area contributed by atoms with Crippen LogP contribution in [0.25, 0.3) is 0 Å². The smallest absolute Gasteiger partial charge is 0.121 e. The van der Waals surface area contributed by atoms with Gasteiger partial charge in [-0.3, -0.25) is 0 Å². The van der Waals surface area contributed by atoms with Gasteiger partial charge < -0.3 is 9.47 Å². The van der Waals surface area contributed by atoms with Gasteiger partial charge >= 0.3 is 0 Å². The summed E-state index contributed by atoms with van der Waals surface area (Å²) in [7, 11) is 1.66. The highest BCUT2D eigenvalue weighted by Crippen LogP contribution is 2.20. The minimum Gasteiger partial charge on any atom is -0.497 e. The SMILES string of the molecule is C=C(/C(=C\CO/C(=C/C)C(=C)C(C)C)OC)C(C)C. The van der Waals surface area contributed by atoms with Crippen molar-refractivity contribution in [2.24, 2.45) is 11.8 Å². The van der Waals surface area contributed by atoms with Crippen LogP contribution in [0.15, 0.2) is 48.0 Å². The fraction of sp³-hybridized carbons (Fsp3) is 0.529. The van der Waals surface area contributed by atoms with E-state index in [4.69, 9.17) is 9.47 Å². The molecule has 0 amide bonds. The quantitative estimate of drug-likeness (QED) is 0.460. The zero-order chi connectivity index (χ0) is 15.0. The molecule has 2 nitrogen and oxygen atoms in total. The zero-order valence-electron chi connectivity index (χ0n) is 13.2. The van der Waals surface area contributed by atoms with Crippen molar-refractivity contribution in [1.82, 2.24) is 0 Å². The molecule has 0 aromatic rings. The predicted molar refractivity (Wildman–Crippen MR) is 82.8 cm³/mol. The first-order chi connectivity index (χ1) is 8.84. The highest BCUT2D eigenvalue weighted by molar-refractivity contribution is 5.26. The fourth-order valence-corrected chi connectivity index (χ4v) is 1.48. The van der Waals surface area contributed by atoms with Crippen LogP contribution >= 0.6 is 0 Å². The lowest BCUT2D eigenvalue weighted by molar-refractivity contribution is 0.238. The average molecular weight is 264 g/mol. The lowest BCUT2D eigenvalue weighted by Gasteiger charge is -2.16. The maximum Gasteiger partial charge on any atom is 0.121 e. The van der Waals surface area contributed by atoms with Gasteiger partial charge in [0.1, 0.15) is 18.1 Å². The minimum absolute atomic E-state index is 0.359. The molecule has 0 unspecified atom stereocenters. The molecule has 0 heterocycles. The topological polar surface area (TPSA) is 18.5 Å². The number of hydrogen-bond acceptors (Lipinski definition) is 2. The van der Waals surface area contributed by atoms with Crippen molar-refractivity contribution in [3.05, 3.63) is 48.0 Å². The van der Waals surface area contributed by atoms with E-state index in [1.165, 1.54) is 0 Å². The molecule has 0 saturated carbocycles. The molecule has 0 N–H and O–H groups in total. The monoisotopic (exact) mass is 264 g/mol. The van der Waals surface area contributed by atoms with Crippen molar-refractivity contribution < 1.29 is 9.47 Å². The first kappa shape index (κ1) is 17.6. The first-order valence-corrected chi connectivity index (χ1v) is 6.76. The standard InChI is InChI=1S/C17H28O2/c1-9-16(14(6)12(2)3)19-11-10-17(18-8)15(7)13(4)5/h9-10,12-13H,6-7,11H2,1-5,8H3/b16-9+,17-10+. The van der Waals surface area contributed by atoms with Crippen LogP contribution in [0.5, 0.6) is 0 Å². The summed E-state index contributed by atoms with van der Waals surface area (Å²) in [5.41, 5.74) is 1.99. The van der Waals surface area contributed by atoms with Crippen molar-refractivity contribution in [1.29, 1.82) is 0 Å². The zero-order valence-corrected chi connectivity index (χ0v) is 13.2. The number of methoxy groups -OCH3 is 1. The van der Waals surface area contributed by atoms with E-state index in [9.17, 15) is 0 Å². The molecule has 0 aliphatic heterocycles. The molecule has 0 bridgehead atoms. The Morgan fingerprint density at radius 3 is 1.84 bits per heavy atom. The molecule has 108 valence electrons. The van der Waals surface area contributed by atoms with Crippen molar-refractivity contribution in [3.63, 3.8) is 0 Å². The Kier molecular flexibility index (Phi) is 7.97. The number of ether oxygens (including phenoxy) is 2. The van der Waals surface area contributed by atoms with E-state index in [1.54, 1.807) is 7.11 Å². The third-order valence-electron chi connectivity index (χ3n) is 3.02. The Bertz CT molecular complexity index is 371. The van der Waals surface area contributed by atoms with Gasteiger partial charge in [0.25, 0.3) is 0 Å². The maximum atomic E-state index is 5.74. The van der Waals surface area contributed by atoms with Gasteiger partial charge in [-0.15, -0.1) is 0 Å². The van der Waals surface area contributed by atoms with Gasteiger partial charge in [-0.05, 0) is 42.1 Å².